The molecule has 4 aliphatic carbocycles. The van der Waals surface area contributed by atoms with Gasteiger partial charge in [0.2, 0.25) is 0 Å². The van der Waals surface area contributed by atoms with E-state index in [1.807, 2.05) is 0 Å². The van der Waals surface area contributed by atoms with Crippen molar-refractivity contribution in [3.05, 3.63) is 23.3 Å². The summed E-state index contributed by atoms with van der Waals surface area (Å²) in [5.74, 6) is 1.34. The van der Waals surface area contributed by atoms with Gasteiger partial charge in [0.15, 0.2) is 0 Å². The maximum atomic E-state index is 11.8. The van der Waals surface area contributed by atoms with Crippen LogP contribution in [0.5, 0.6) is 0 Å². The summed E-state index contributed by atoms with van der Waals surface area (Å²) < 4.78 is 17.2. The minimum absolute atomic E-state index is 0.0121. The Balaban J connectivity index is 1.54. The van der Waals surface area contributed by atoms with Crippen LogP contribution in [-0.4, -0.2) is 48.1 Å². The quantitative estimate of drug-likeness (QED) is 0.379. The van der Waals surface area contributed by atoms with Crippen LogP contribution in [0.2, 0.25) is 0 Å². The van der Waals surface area contributed by atoms with Crippen molar-refractivity contribution < 1.29 is 28.9 Å². The van der Waals surface area contributed by atoms with Crippen molar-refractivity contribution in [1.29, 1.82) is 0 Å². The lowest BCUT2D eigenvalue weighted by Gasteiger charge is -2.55. The van der Waals surface area contributed by atoms with Crippen molar-refractivity contribution in [2.45, 2.75) is 124 Å². The molecule has 0 spiro atoms. The van der Waals surface area contributed by atoms with Gasteiger partial charge in [-0.15, -0.1) is 0 Å². The molecular weight excluding hydrogens is 480 g/mol. The van der Waals surface area contributed by atoms with E-state index in [0.29, 0.717) is 24.2 Å². The van der Waals surface area contributed by atoms with Crippen LogP contribution >= 0.6 is 0 Å². The lowest BCUT2D eigenvalue weighted by molar-refractivity contribution is -0.165. The Morgan fingerprint density at radius 1 is 1.05 bits per heavy atom. The highest BCUT2D eigenvalue weighted by molar-refractivity contribution is 5.66. The molecule has 0 amide bonds. The van der Waals surface area contributed by atoms with Gasteiger partial charge in [0.1, 0.15) is 12.2 Å². The van der Waals surface area contributed by atoms with E-state index in [-0.39, 0.29) is 40.9 Å². The highest BCUT2D eigenvalue weighted by Crippen LogP contribution is 2.66. The van der Waals surface area contributed by atoms with E-state index in [1.54, 1.807) is 26.5 Å². The molecule has 2 unspecified atom stereocenters. The van der Waals surface area contributed by atoms with E-state index in [9.17, 15) is 14.7 Å². The zero-order valence-electron chi connectivity index (χ0n) is 24.8. The van der Waals surface area contributed by atoms with E-state index in [2.05, 4.69) is 32.9 Å². The molecule has 0 aliphatic heterocycles. The van der Waals surface area contributed by atoms with Gasteiger partial charge in [-0.05, 0) is 86.9 Å². The summed E-state index contributed by atoms with van der Waals surface area (Å²) in [6, 6.07) is 0. The number of rotatable bonds is 8. The summed E-state index contributed by atoms with van der Waals surface area (Å²) in [5, 5.41) is 10.7. The zero-order chi connectivity index (χ0) is 28.0. The third-order valence-electron chi connectivity index (χ3n) is 11.0. The van der Waals surface area contributed by atoms with Crippen LogP contribution < -0.4 is 0 Å². The zero-order valence-corrected chi connectivity index (χ0v) is 24.8. The maximum absolute atomic E-state index is 11.8. The van der Waals surface area contributed by atoms with Gasteiger partial charge in [0.05, 0.1) is 11.7 Å². The third kappa shape index (κ3) is 5.37. The molecule has 0 aromatic carbocycles. The van der Waals surface area contributed by atoms with Crippen LogP contribution in [0.3, 0.4) is 0 Å². The second kappa shape index (κ2) is 10.7. The molecule has 4 rings (SSSR count). The molecule has 0 radical (unpaired) electrons. The fraction of sp³-hybridized carbons (Fsp3) is 0.812. The smallest absolute Gasteiger partial charge is 0.303 e. The van der Waals surface area contributed by atoms with Crippen molar-refractivity contribution in [2.75, 3.05) is 7.11 Å². The van der Waals surface area contributed by atoms with Gasteiger partial charge in [-0.2, -0.15) is 0 Å². The molecule has 9 atom stereocenters. The van der Waals surface area contributed by atoms with Crippen LogP contribution in [0, 0.1) is 34.5 Å². The fourth-order valence-corrected chi connectivity index (χ4v) is 8.89. The van der Waals surface area contributed by atoms with E-state index in [4.69, 9.17) is 14.2 Å². The van der Waals surface area contributed by atoms with Crippen molar-refractivity contribution >= 4 is 11.9 Å². The van der Waals surface area contributed by atoms with Crippen LogP contribution in [0.15, 0.2) is 23.3 Å². The van der Waals surface area contributed by atoms with Gasteiger partial charge in [-0.1, -0.05) is 44.1 Å². The van der Waals surface area contributed by atoms with Crippen LogP contribution in [0.1, 0.15) is 99.8 Å². The summed E-state index contributed by atoms with van der Waals surface area (Å²) in [6.45, 7) is 13.5. The largest absolute Gasteiger partial charge is 0.462 e. The number of allylic oxidation sites excluding steroid dienone is 3. The number of carbonyl (C=O) groups excluding carboxylic acids is 2. The Kier molecular flexibility index (Phi) is 8.28. The van der Waals surface area contributed by atoms with E-state index in [1.165, 1.54) is 38.7 Å². The lowest BCUT2D eigenvalue weighted by atomic mass is 9.50. The predicted molar refractivity (Wildman–Crippen MR) is 147 cm³/mol. The summed E-state index contributed by atoms with van der Waals surface area (Å²) in [5.41, 5.74) is 2.31. The predicted octanol–water partition coefficient (Wildman–Crippen LogP) is 6.16. The molecule has 3 fully saturated rings. The van der Waals surface area contributed by atoms with Gasteiger partial charge >= 0.3 is 11.9 Å². The van der Waals surface area contributed by atoms with Crippen molar-refractivity contribution in [3.63, 3.8) is 0 Å². The van der Waals surface area contributed by atoms with Gasteiger partial charge in [0.25, 0.3) is 0 Å². The number of aliphatic hydroxyl groups is 1. The topological polar surface area (TPSA) is 82.1 Å². The van der Waals surface area contributed by atoms with E-state index in [0.717, 1.165) is 25.7 Å². The molecular formula is C32H50O6. The standard InChI is InChI=1S/C32H50O6/c1-19(28(36-8)18-29(30(4,5)35)38-21(3)34)25-11-12-26-24-10-9-22-17-23(37-20(2)33)13-15-31(22,6)27(24)14-16-32(25,26)7/h9-10,19,23,25-29,35H,11-18H2,1-8H3/t19-,23-,25+,26-,27-,28?,29?,31-,32+/m0/s1. The van der Waals surface area contributed by atoms with Crippen LogP contribution in [0.25, 0.3) is 0 Å². The van der Waals surface area contributed by atoms with Crippen molar-refractivity contribution in [1.82, 2.24) is 0 Å². The Morgan fingerprint density at radius 3 is 2.37 bits per heavy atom. The molecule has 0 bridgehead atoms. The number of hydrogen-bond acceptors (Lipinski definition) is 6. The minimum atomic E-state index is -1.14. The molecule has 6 heteroatoms. The second-order valence-corrected chi connectivity index (χ2v) is 13.7. The summed E-state index contributed by atoms with van der Waals surface area (Å²) in [4.78, 5) is 23.3. The normalized spacial score (nSPS) is 37.0. The highest BCUT2D eigenvalue weighted by Gasteiger charge is 2.58. The number of methoxy groups -OCH3 is 1. The van der Waals surface area contributed by atoms with Gasteiger partial charge < -0.3 is 19.3 Å². The Labute approximate surface area is 229 Å². The van der Waals surface area contributed by atoms with Gasteiger partial charge in [0, 0.05) is 33.8 Å². The number of carbonyl (C=O) groups is 2. The van der Waals surface area contributed by atoms with Crippen molar-refractivity contribution in [2.24, 2.45) is 34.5 Å². The molecule has 3 saturated carbocycles. The molecule has 4 aliphatic rings. The summed E-state index contributed by atoms with van der Waals surface area (Å²) in [7, 11) is 1.74. The number of ether oxygens (including phenoxy) is 3. The average Bonchev–Trinajstić information content (AvgIpc) is 3.17. The lowest BCUT2D eigenvalue weighted by Crippen LogP contribution is -2.48. The number of hydrogen-bond donors (Lipinski definition) is 1. The van der Waals surface area contributed by atoms with Gasteiger partial charge in [-0.3, -0.25) is 9.59 Å². The SMILES string of the molecule is COC(CC(OC(C)=O)C(C)(C)O)[C@@H](C)[C@H]1CC[C@H]2C3=CC=C4C[C@@H](OC(C)=O)CC[C@]4(C)[C@H]3CC[C@]12C. The summed E-state index contributed by atoms with van der Waals surface area (Å²) in [6.07, 6.45) is 12.2. The molecule has 0 aromatic rings. The summed E-state index contributed by atoms with van der Waals surface area (Å²) >= 11 is 0. The average molecular weight is 531 g/mol. The number of esters is 2. The Bertz CT molecular complexity index is 975. The third-order valence-corrected chi connectivity index (χ3v) is 11.0. The van der Waals surface area contributed by atoms with Gasteiger partial charge in [-0.25, -0.2) is 0 Å². The second-order valence-electron chi connectivity index (χ2n) is 13.7. The molecule has 6 nitrogen and oxygen atoms in total. The van der Waals surface area contributed by atoms with E-state index < -0.39 is 11.7 Å². The molecule has 214 valence electrons. The van der Waals surface area contributed by atoms with E-state index >= 15 is 0 Å². The molecule has 0 heterocycles. The monoisotopic (exact) mass is 530 g/mol. The molecule has 38 heavy (non-hydrogen) atoms. The van der Waals surface area contributed by atoms with Crippen LogP contribution in [0.4, 0.5) is 0 Å². The Morgan fingerprint density at radius 2 is 1.76 bits per heavy atom. The molecule has 0 saturated heterocycles. The fourth-order valence-electron chi connectivity index (χ4n) is 8.89. The highest BCUT2D eigenvalue weighted by atomic mass is 16.6. The first-order chi connectivity index (χ1) is 17.7. The van der Waals surface area contributed by atoms with Crippen LogP contribution in [-0.2, 0) is 23.8 Å². The minimum Gasteiger partial charge on any atom is -0.462 e. The van der Waals surface area contributed by atoms with Crippen molar-refractivity contribution in [3.8, 4) is 0 Å². The molecule has 0 aromatic heterocycles. The first-order valence-electron chi connectivity index (χ1n) is 14.7. The molecule has 1 N–H and O–H groups in total. The maximum Gasteiger partial charge on any atom is 0.303 e. The number of fused-ring (bicyclic) bond motifs is 5. The first-order valence-corrected chi connectivity index (χ1v) is 14.7. The first kappa shape index (κ1) is 29.3. The Hall–Kier alpha value is -1.66.